The first-order chi connectivity index (χ1) is 7.16. The zero-order valence-corrected chi connectivity index (χ0v) is 9.94. The van der Waals surface area contributed by atoms with Gasteiger partial charge in [-0.05, 0) is 35.4 Å². The van der Waals surface area contributed by atoms with Crippen molar-refractivity contribution in [3.05, 3.63) is 57.5 Å². The minimum atomic E-state index is 0.550. The Morgan fingerprint density at radius 1 is 0.667 bits per heavy atom. The molecule has 0 saturated carbocycles. The lowest BCUT2D eigenvalue weighted by Crippen LogP contribution is -1.78. The second kappa shape index (κ2) is 4.44. The van der Waals surface area contributed by atoms with Crippen LogP contribution in [0.3, 0.4) is 0 Å². The first-order valence-electron chi connectivity index (χ1n) is 4.38. The van der Waals surface area contributed by atoms with Crippen LogP contribution in [-0.2, 0) is 0 Å². The van der Waals surface area contributed by atoms with E-state index < -0.39 is 0 Å². The van der Waals surface area contributed by atoms with E-state index in [0.29, 0.717) is 15.1 Å². The fraction of sp³-hybridized carbons (Fsp3) is 0. The molecule has 0 aliphatic rings. The van der Waals surface area contributed by atoms with Gasteiger partial charge in [0.15, 0.2) is 0 Å². The molecule has 0 saturated heterocycles. The maximum atomic E-state index is 5.94. The molecule has 15 heavy (non-hydrogen) atoms. The molecular weight excluding hydrogens is 250 g/mol. The van der Waals surface area contributed by atoms with E-state index in [9.17, 15) is 0 Å². The maximum Gasteiger partial charge on any atom is 0.0598 e. The molecule has 0 fully saturated rings. The SMILES string of the molecule is Clc1cccc(-c2ccc(Cl)c(Cl)c2)c1. The average Bonchev–Trinajstić information content (AvgIpc) is 2.22. The molecule has 0 spiro atoms. The Labute approximate surface area is 103 Å². The third kappa shape index (κ3) is 2.46. The summed E-state index contributed by atoms with van der Waals surface area (Å²) in [6.07, 6.45) is 0. The lowest BCUT2D eigenvalue weighted by atomic mass is 10.1. The average molecular weight is 258 g/mol. The van der Waals surface area contributed by atoms with E-state index in [2.05, 4.69) is 0 Å². The van der Waals surface area contributed by atoms with Crippen LogP contribution in [0.4, 0.5) is 0 Å². The summed E-state index contributed by atoms with van der Waals surface area (Å²) in [5.74, 6) is 0. The summed E-state index contributed by atoms with van der Waals surface area (Å²) in [5, 5.41) is 1.81. The standard InChI is InChI=1S/C12H7Cl3/c13-10-3-1-2-8(6-10)9-4-5-11(14)12(15)7-9/h1-7H. The second-order valence-corrected chi connectivity index (χ2v) is 4.39. The molecule has 0 aliphatic heterocycles. The molecule has 0 unspecified atom stereocenters. The van der Waals surface area contributed by atoms with Crippen LogP contribution in [0.1, 0.15) is 0 Å². The molecule has 2 aromatic rings. The normalized spacial score (nSPS) is 10.3. The first kappa shape index (κ1) is 10.8. The fourth-order valence-corrected chi connectivity index (χ4v) is 1.83. The van der Waals surface area contributed by atoms with Gasteiger partial charge >= 0.3 is 0 Å². The van der Waals surface area contributed by atoms with Gasteiger partial charge in [0.1, 0.15) is 0 Å². The molecule has 0 aromatic heterocycles. The van der Waals surface area contributed by atoms with Gasteiger partial charge in [0.05, 0.1) is 10.0 Å². The Balaban J connectivity index is 2.50. The highest BCUT2D eigenvalue weighted by atomic mass is 35.5. The summed E-state index contributed by atoms with van der Waals surface area (Å²) in [6.45, 7) is 0. The van der Waals surface area contributed by atoms with Crippen LogP contribution in [-0.4, -0.2) is 0 Å². The molecule has 0 nitrogen and oxygen atoms in total. The minimum Gasteiger partial charge on any atom is -0.0843 e. The molecule has 0 amide bonds. The Bertz CT molecular complexity index is 492. The molecule has 0 atom stereocenters. The van der Waals surface area contributed by atoms with Crippen LogP contribution in [0.15, 0.2) is 42.5 Å². The largest absolute Gasteiger partial charge is 0.0843 e. The van der Waals surface area contributed by atoms with Gasteiger partial charge in [-0.1, -0.05) is 53.0 Å². The third-order valence-electron chi connectivity index (χ3n) is 2.08. The van der Waals surface area contributed by atoms with Crippen molar-refractivity contribution in [3.8, 4) is 11.1 Å². The quantitative estimate of drug-likeness (QED) is 0.649. The van der Waals surface area contributed by atoms with E-state index in [0.717, 1.165) is 11.1 Å². The van der Waals surface area contributed by atoms with Crippen LogP contribution in [0, 0.1) is 0 Å². The van der Waals surface area contributed by atoms with E-state index in [-0.39, 0.29) is 0 Å². The Morgan fingerprint density at radius 3 is 2.07 bits per heavy atom. The van der Waals surface area contributed by atoms with E-state index in [4.69, 9.17) is 34.8 Å². The van der Waals surface area contributed by atoms with Crippen LogP contribution < -0.4 is 0 Å². The smallest absolute Gasteiger partial charge is 0.0598 e. The molecule has 2 aromatic carbocycles. The van der Waals surface area contributed by atoms with Gasteiger partial charge in [0.25, 0.3) is 0 Å². The van der Waals surface area contributed by atoms with Crippen molar-refractivity contribution >= 4 is 34.8 Å². The van der Waals surface area contributed by atoms with Gasteiger partial charge in [-0.15, -0.1) is 0 Å². The van der Waals surface area contributed by atoms with Gasteiger partial charge in [0, 0.05) is 5.02 Å². The predicted molar refractivity (Wildman–Crippen MR) is 66.9 cm³/mol. The van der Waals surface area contributed by atoms with Gasteiger partial charge in [-0.3, -0.25) is 0 Å². The molecule has 0 heterocycles. The summed E-state index contributed by atoms with van der Waals surface area (Å²) < 4.78 is 0. The molecule has 3 heteroatoms. The fourth-order valence-electron chi connectivity index (χ4n) is 1.34. The number of benzene rings is 2. The van der Waals surface area contributed by atoms with Crippen molar-refractivity contribution in [2.75, 3.05) is 0 Å². The number of hydrogen-bond acceptors (Lipinski definition) is 0. The lowest BCUT2D eigenvalue weighted by molar-refractivity contribution is 1.62. The maximum absolute atomic E-state index is 5.94. The number of rotatable bonds is 1. The molecular formula is C12H7Cl3. The predicted octanol–water partition coefficient (Wildman–Crippen LogP) is 5.31. The number of hydrogen-bond donors (Lipinski definition) is 0. The van der Waals surface area contributed by atoms with Crippen LogP contribution in [0.2, 0.25) is 15.1 Å². The van der Waals surface area contributed by atoms with Gasteiger partial charge in [-0.25, -0.2) is 0 Å². The summed E-state index contributed by atoms with van der Waals surface area (Å²) in [6, 6.07) is 13.1. The van der Waals surface area contributed by atoms with E-state index >= 15 is 0 Å². The van der Waals surface area contributed by atoms with Crippen molar-refractivity contribution in [2.24, 2.45) is 0 Å². The van der Waals surface area contributed by atoms with Crippen LogP contribution in [0.25, 0.3) is 11.1 Å². The Hall–Kier alpha value is -0.690. The van der Waals surface area contributed by atoms with Crippen molar-refractivity contribution in [1.29, 1.82) is 0 Å². The highest BCUT2D eigenvalue weighted by Gasteiger charge is 2.02. The molecule has 0 radical (unpaired) electrons. The summed E-state index contributed by atoms with van der Waals surface area (Å²) >= 11 is 17.7. The highest BCUT2D eigenvalue weighted by molar-refractivity contribution is 6.42. The lowest BCUT2D eigenvalue weighted by Gasteiger charge is -2.03. The van der Waals surface area contributed by atoms with Gasteiger partial charge < -0.3 is 0 Å². The highest BCUT2D eigenvalue weighted by Crippen LogP contribution is 2.29. The molecule has 0 N–H and O–H groups in total. The zero-order valence-electron chi connectivity index (χ0n) is 7.68. The van der Waals surface area contributed by atoms with Crippen molar-refractivity contribution in [1.82, 2.24) is 0 Å². The van der Waals surface area contributed by atoms with Gasteiger partial charge in [0.2, 0.25) is 0 Å². The van der Waals surface area contributed by atoms with Crippen molar-refractivity contribution in [2.45, 2.75) is 0 Å². The van der Waals surface area contributed by atoms with E-state index in [1.165, 1.54) is 0 Å². The molecule has 76 valence electrons. The first-order valence-corrected chi connectivity index (χ1v) is 5.51. The third-order valence-corrected chi connectivity index (χ3v) is 3.05. The van der Waals surface area contributed by atoms with E-state index in [1.807, 2.05) is 36.4 Å². The Kier molecular flexibility index (Phi) is 3.20. The summed E-state index contributed by atoms with van der Waals surface area (Å²) in [7, 11) is 0. The number of halogens is 3. The summed E-state index contributed by atoms with van der Waals surface area (Å²) in [5.41, 5.74) is 2.04. The monoisotopic (exact) mass is 256 g/mol. The van der Waals surface area contributed by atoms with Crippen molar-refractivity contribution in [3.63, 3.8) is 0 Å². The van der Waals surface area contributed by atoms with Gasteiger partial charge in [-0.2, -0.15) is 0 Å². The van der Waals surface area contributed by atoms with Crippen LogP contribution in [0.5, 0.6) is 0 Å². The van der Waals surface area contributed by atoms with Crippen molar-refractivity contribution < 1.29 is 0 Å². The topological polar surface area (TPSA) is 0 Å². The second-order valence-electron chi connectivity index (χ2n) is 3.14. The Morgan fingerprint density at radius 2 is 1.40 bits per heavy atom. The van der Waals surface area contributed by atoms with Crippen LogP contribution >= 0.6 is 34.8 Å². The zero-order chi connectivity index (χ0) is 10.8. The summed E-state index contributed by atoms with van der Waals surface area (Å²) in [4.78, 5) is 0. The molecule has 0 bridgehead atoms. The molecule has 2 rings (SSSR count). The molecule has 0 aliphatic carbocycles. The minimum absolute atomic E-state index is 0.550. The van der Waals surface area contributed by atoms with E-state index in [1.54, 1.807) is 6.07 Å².